The molecule has 8 nitrogen and oxygen atoms in total. The van der Waals surface area contributed by atoms with E-state index in [0.717, 1.165) is 19.3 Å². The van der Waals surface area contributed by atoms with Crippen LogP contribution < -0.4 is 10.1 Å². The lowest BCUT2D eigenvalue weighted by Crippen LogP contribution is -2.27. The van der Waals surface area contributed by atoms with Crippen molar-refractivity contribution in [1.82, 2.24) is 0 Å². The van der Waals surface area contributed by atoms with E-state index in [2.05, 4.69) is 5.32 Å². The molecule has 0 bridgehead atoms. The average Bonchev–Trinajstić information content (AvgIpc) is 2.68. The fraction of sp³-hybridized carbons (Fsp3) is 0.417. The van der Waals surface area contributed by atoms with Gasteiger partial charge in [0.25, 0.3) is 0 Å². The molecule has 0 saturated heterocycles. The van der Waals surface area contributed by atoms with E-state index in [4.69, 9.17) is 9.47 Å². The molecule has 178 valence electrons. The summed E-state index contributed by atoms with van der Waals surface area (Å²) in [5.41, 5.74) is 1.72. The van der Waals surface area contributed by atoms with E-state index < -0.39 is 27.8 Å². The van der Waals surface area contributed by atoms with E-state index in [1.807, 2.05) is 0 Å². The molecule has 0 radical (unpaired) electrons. The summed E-state index contributed by atoms with van der Waals surface area (Å²) in [5.74, 6) is -1.27. The Balaban J connectivity index is 1.79. The molecule has 0 spiro atoms. The standard InChI is InChI=1S/C24H29NO7S/c1-14(2)31-24(28)23(27)25-18-10-15(3)22(16(4)11-18)32-19-8-9-20(26)21(12-19)33(29,30)13-17-6-5-7-17/h8-12,14,17,26H,5-7,13H2,1-4H3,(H,25,27). The van der Waals surface area contributed by atoms with E-state index in [-0.39, 0.29) is 28.1 Å². The number of amides is 1. The Labute approximate surface area is 193 Å². The van der Waals surface area contributed by atoms with Crippen LogP contribution in [0.3, 0.4) is 0 Å². The number of hydrogen-bond donors (Lipinski definition) is 2. The van der Waals surface area contributed by atoms with Crippen molar-refractivity contribution in [1.29, 1.82) is 0 Å². The van der Waals surface area contributed by atoms with Crippen molar-refractivity contribution in [2.75, 3.05) is 11.1 Å². The van der Waals surface area contributed by atoms with Crippen LogP contribution >= 0.6 is 0 Å². The third-order valence-corrected chi connectivity index (χ3v) is 7.32. The SMILES string of the molecule is Cc1cc(NC(=O)C(=O)OC(C)C)cc(C)c1Oc1ccc(O)c(S(=O)(=O)CC2CCC2)c1. The molecule has 1 fully saturated rings. The highest BCUT2D eigenvalue weighted by Crippen LogP contribution is 2.37. The van der Waals surface area contributed by atoms with Crippen LogP contribution in [0.2, 0.25) is 0 Å². The topological polar surface area (TPSA) is 119 Å². The van der Waals surface area contributed by atoms with Crippen LogP contribution in [0.1, 0.15) is 44.2 Å². The summed E-state index contributed by atoms with van der Waals surface area (Å²) >= 11 is 0. The van der Waals surface area contributed by atoms with Crippen LogP contribution in [0.15, 0.2) is 35.2 Å². The maximum absolute atomic E-state index is 12.8. The van der Waals surface area contributed by atoms with Gasteiger partial charge in [0, 0.05) is 11.8 Å². The summed E-state index contributed by atoms with van der Waals surface area (Å²) in [4.78, 5) is 23.6. The van der Waals surface area contributed by atoms with Gasteiger partial charge in [0.2, 0.25) is 0 Å². The summed E-state index contributed by atoms with van der Waals surface area (Å²) < 4.78 is 36.4. The first-order valence-corrected chi connectivity index (χ1v) is 12.5. The number of aryl methyl sites for hydroxylation is 2. The van der Waals surface area contributed by atoms with Crippen molar-refractivity contribution < 1.29 is 32.6 Å². The maximum Gasteiger partial charge on any atom is 0.397 e. The van der Waals surface area contributed by atoms with E-state index in [0.29, 0.717) is 22.6 Å². The highest BCUT2D eigenvalue weighted by molar-refractivity contribution is 7.91. The molecule has 2 N–H and O–H groups in total. The summed E-state index contributed by atoms with van der Waals surface area (Å²) in [7, 11) is -3.64. The fourth-order valence-corrected chi connectivity index (χ4v) is 5.43. The number of ether oxygens (including phenoxy) is 2. The lowest BCUT2D eigenvalue weighted by Gasteiger charge is -2.25. The van der Waals surface area contributed by atoms with Crippen molar-refractivity contribution in [2.45, 2.75) is 58.0 Å². The molecule has 0 aliphatic heterocycles. The molecule has 2 aromatic rings. The van der Waals surface area contributed by atoms with Gasteiger partial charge in [0.15, 0.2) is 9.84 Å². The van der Waals surface area contributed by atoms with Crippen LogP contribution in [-0.2, 0) is 24.2 Å². The van der Waals surface area contributed by atoms with Crippen LogP contribution in [0.5, 0.6) is 17.2 Å². The first kappa shape index (κ1) is 24.6. The molecule has 1 aliphatic rings. The molecule has 33 heavy (non-hydrogen) atoms. The monoisotopic (exact) mass is 475 g/mol. The Morgan fingerprint density at radius 3 is 2.30 bits per heavy atom. The second kappa shape index (κ2) is 9.82. The Hall–Kier alpha value is -3.07. The van der Waals surface area contributed by atoms with Crippen molar-refractivity contribution in [3.05, 3.63) is 41.5 Å². The number of esters is 1. The summed E-state index contributed by atoms with van der Waals surface area (Å²) in [5, 5.41) is 12.7. The number of carbonyl (C=O) groups excluding carboxylic acids is 2. The number of anilines is 1. The zero-order chi connectivity index (χ0) is 24.3. The van der Waals surface area contributed by atoms with Gasteiger partial charge in [-0.2, -0.15) is 0 Å². The Bertz CT molecular complexity index is 1140. The zero-order valence-corrected chi connectivity index (χ0v) is 20.0. The van der Waals surface area contributed by atoms with Gasteiger partial charge in [0.1, 0.15) is 22.1 Å². The second-order valence-corrected chi connectivity index (χ2v) is 10.7. The first-order chi connectivity index (χ1) is 15.5. The summed E-state index contributed by atoms with van der Waals surface area (Å²) in [6.45, 7) is 6.83. The molecular weight excluding hydrogens is 446 g/mol. The molecule has 9 heteroatoms. The smallest absolute Gasteiger partial charge is 0.397 e. The molecule has 0 unspecified atom stereocenters. The molecule has 0 atom stereocenters. The Morgan fingerprint density at radius 2 is 1.76 bits per heavy atom. The average molecular weight is 476 g/mol. The van der Waals surface area contributed by atoms with Gasteiger partial charge in [-0.25, -0.2) is 13.2 Å². The second-order valence-electron chi connectivity index (χ2n) is 8.66. The third kappa shape index (κ3) is 6.04. The quantitative estimate of drug-likeness (QED) is 0.453. The lowest BCUT2D eigenvalue weighted by atomic mass is 9.87. The Kier molecular flexibility index (Phi) is 7.31. The van der Waals surface area contributed by atoms with Crippen molar-refractivity contribution in [3.8, 4) is 17.2 Å². The molecular formula is C24H29NO7S. The van der Waals surface area contributed by atoms with Crippen LogP contribution in [0, 0.1) is 19.8 Å². The van der Waals surface area contributed by atoms with Crippen LogP contribution in [0.25, 0.3) is 0 Å². The first-order valence-electron chi connectivity index (χ1n) is 10.8. The summed E-state index contributed by atoms with van der Waals surface area (Å²) in [6.07, 6.45) is 2.39. The van der Waals surface area contributed by atoms with Crippen LogP contribution in [0.4, 0.5) is 5.69 Å². The van der Waals surface area contributed by atoms with Crippen molar-refractivity contribution >= 4 is 27.4 Å². The molecule has 0 heterocycles. The number of phenols is 1. The van der Waals surface area contributed by atoms with Gasteiger partial charge < -0.3 is 19.9 Å². The number of carbonyl (C=O) groups is 2. The van der Waals surface area contributed by atoms with Crippen molar-refractivity contribution in [2.24, 2.45) is 5.92 Å². The molecule has 2 aromatic carbocycles. The van der Waals surface area contributed by atoms with Gasteiger partial charge in [-0.15, -0.1) is 0 Å². The highest BCUT2D eigenvalue weighted by atomic mass is 32.2. The van der Waals surface area contributed by atoms with Gasteiger partial charge in [-0.1, -0.05) is 6.42 Å². The predicted molar refractivity (Wildman–Crippen MR) is 123 cm³/mol. The minimum absolute atomic E-state index is 0.00963. The molecule has 3 rings (SSSR count). The number of hydrogen-bond acceptors (Lipinski definition) is 7. The normalized spacial score (nSPS) is 14.0. The van der Waals surface area contributed by atoms with Gasteiger partial charge in [0.05, 0.1) is 11.9 Å². The lowest BCUT2D eigenvalue weighted by molar-refractivity contribution is -0.155. The molecule has 1 aliphatic carbocycles. The number of phenolic OH excluding ortho intramolecular Hbond substituents is 1. The Morgan fingerprint density at radius 1 is 1.12 bits per heavy atom. The zero-order valence-electron chi connectivity index (χ0n) is 19.2. The van der Waals surface area contributed by atoms with E-state index in [1.165, 1.54) is 18.2 Å². The largest absolute Gasteiger partial charge is 0.507 e. The summed E-state index contributed by atoms with van der Waals surface area (Å²) in [6, 6.07) is 7.41. The predicted octanol–water partition coefficient (Wildman–Crippen LogP) is 4.27. The van der Waals surface area contributed by atoms with E-state index >= 15 is 0 Å². The van der Waals surface area contributed by atoms with Crippen LogP contribution in [-0.4, -0.2) is 37.3 Å². The molecule has 0 aromatic heterocycles. The van der Waals surface area contributed by atoms with Gasteiger partial charge in [-0.05, 0) is 81.8 Å². The number of benzene rings is 2. The fourth-order valence-electron chi connectivity index (χ4n) is 3.62. The maximum atomic E-state index is 12.8. The number of rotatable bonds is 7. The van der Waals surface area contributed by atoms with Gasteiger partial charge in [-0.3, -0.25) is 4.79 Å². The van der Waals surface area contributed by atoms with Gasteiger partial charge >= 0.3 is 11.9 Å². The third-order valence-electron chi connectivity index (χ3n) is 5.41. The number of sulfone groups is 1. The number of aromatic hydroxyl groups is 1. The minimum Gasteiger partial charge on any atom is -0.507 e. The van der Waals surface area contributed by atoms with E-state index in [1.54, 1.807) is 39.8 Å². The molecule has 1 saturated carbocycles. The van der Waals surface area contributed by atoms with Crippen molar-refractivity contribution in [3.63, 3.8) is 0 Å². The number of nitrogens with one attached hydrogen (secondary N) is 1. The molecule has 1 amide bonds. The van der Waals surface area contributed by atoms with E-state index in [9.17, 15) is 23.1 Å². The minimum atomic E-state index is -3.64. The highest BCUT2D eigenvalue weighted by Gasteiger charge is 2.28.